The Morgan fingerprint density at radius 2 is 1.71 bits per heavy atom. The van der Waals surface area contributed by atoms with E-state index in [1.165, 1.54) is 22.8 Å². The summed E-state index contributed by atoms with van der Waals surface area (Å²) in [4.78, 5) is 0. The summed E-state index contributed by atoms with van der Waals surface area (Å²) in [7, 11) is 0. The first-order valence-electron chi connectivity index (χ1n) is 6.28. The second-order valence-electron chi connectivity index (χ2n) is 5.91. The molecule has 1 atom stereocenters. The third-order valence-electron chi connectivity index (χ3n) is 4.56. The lowest BCUT2D eigenvalue weighted by atomic mass is 9.87. The van der Waals surface area contributed by atoms with Gasteiger partial charge in [0, 0.05) is 12.0 Å². The molecule has 1 aliphatic rings. The Kier molecular flexibility index (Phi) is 2.11. The third-order valence-corrected chi connectivity index (χ3v) is 4.56. The fourth-order valence-electron chi connectivity index (χ4n) is 3.16. The van der Waals surface area contributed by atoms with E-state index in [9.17, 15) is 0 Å². The standard InChI is InChI=1S/C16H19N/c1-15(2)10-16(15,11-17)14-8-7-12-5-3-4-6-13(12)9-14/h3-9H,10-11,17H2,1-2H3. The van der Waals surface area contributed by atoms with Gasteiger partial charge in [-0.1, -0.05) is 56.3 Å². The van der Waals surface area contributed by atoms with Crippen molar-refractivity contribution >= 4 is 10.8 Å². The zero-order chi connectivity index (χ0) is 12.1. The molecule has 0 aromatic heterocycles. The first-order valence-corrected chi connectivity index (χ1v) is 6.28. The summed E-state index contributed by atoms with van der Waals surface area (Å²) in [6.45, 7) is 5.38. The van der Waals surface area contributed by atoms with Gasteiger partial charge >= 0.3 is 0 Å². The van der Waals surface area contributed by atoms with Gasteiger partial charge < -0.3 is 5.73 Å². The summed E-state index contributed by atoms with van der Waals surface area (Å²) in [5.41, 5.74) is 7.98. The molecule has 0 saturated heterocycles. The Morgan fingerprint density at radius 3 is 2.29 bits per heavy atom. The molecule has 2 aromatic rings. The van der Waals surface area contributed by atoms with Crippen LogP contribution in [0, 0.1) is 5.41 Å². The van der Waals surface area contributed by atoms with E-state index in [2.05, 4.69) is 56.3 Å². The van der Waals surface area contributed by atoms with Crippen molar-refractivity contribution in [2.45, 2.75) is 25.7 Å². The monoisotopic (exact) mass is 225 g/mol. The lowest BCUT2D eigenvalue weighted by Gasteiger charge is -2.19. The maximum Gasteiger partial charge on any atom is 0.0132 e. The van der Waals surface area contributed by atoms with Crippen LogP contribution in [0.2, 0.25) is 0 Å². The van der Waals surface area contributed by atoms with Crippen LogP contribution in [0.4, 0.5) is 0 Å². The van der Waals surface area contributed by atoms with Crippen LogP contribution < -0.4 is 5.73 Å². The average Bonchev–Trinajstić information content (AvgIpc) is 2.92. The molecule has 1 aliphatic carbocycles. The number of hydrogen-bond donors (Lipinski definition) is 1. The second-order valence-corrected chi connectivity index (χ2v) is 5.91. The van der Waals surface area contributed by atoms with Crippen LogP contribution in [-0.2, 0) is 5.41 Å². The molecule has 0 radical (unpaired) electrons. The zero-order valence-electron chi connectivity index (χ0n) is 10.5. The molecule has 0 spiro atoms. The predicted octanol–water partition coefficient (Wildman–Crippen LogP) is 3.47. The Labute approximate surface area is 103 Å². The smallest absolute Gasteiger partial charge is 0.0132 e. The van der Waals surface area contributed by atoms with Gasteiger partial charge in [0.05, 0.1) is 0 Å². The quantitative estimate of drug-likeness (QED) is 0.832. The molecular weight excluding hydrogens is 206 g/mol. The van der Waals surface area contributed by atoms with Crippen molar-refractivity contribution in [3.05, 3.63) is 48.0 Å². The van der Waals surface area contributed by atoms with E-state index in [4.69, 9.17) is 5.73 Å². The van der Waals surface area contributed by atoms with Crippen molar-refractivity contribution in [3.63, 3.8) is 0 Å². The molecule has 17 heavy (non-hydrogen) atoms. The average molecular weight is 225 g/mol. The molecule has 2 aromatic carbocycles. The van der Waals surface area contributed by atoms with E-state index in [1.54, 1.807) is 0 Å². The normalized spacial score (nSPS) is 26.1. The minimum Gasteiger partial charge on any atom is -0.330 e. The van der Waals surface area contributed by atoms with Gasteiger partial charge in [-0.25, -0.2) is 0 Å². The molecule has 0 heterocycles. The molecule has 1 fully saturated rings. The van der Waals surface area contributed by atoms with Crippen molar-refractivity contribution in [1.82, 2.24) is 0 Å². The number of fused-ring (bicyclic) bond motifs is 1. The minimum absolute atomic E-state index is 0.205. The fourth-order valence-corrected chi connectivity index (χ4v) is 3.16. The van der Waals surface area contributed by atoms with Gasteiger partial charge in [-0.2, -0.15) is 0 Å². The first-order chi connectivity index (χ1) is 8.09. The predicted molar refractivity (Wildman–Crippen MR) is 73.1 cm³/mol. The highest BCUT2D eigenvalue weighted by Gasteiger charge is 2.60. The van der Waals surface area contributed by atoms with Crippen LogP contribution >= 0.6 is 0 Å². The second kappa shape index (κ2) is 3.33. The fraction of sp³-hybridized carbons (Fsp3) is 0.375. The molecule has 88 valence electrons. The van der Waals surface area contributed by atoms with Crippen molar-refractivity contribution in [1.29, 1.82) is 0 Å². The van der Waals surface area contributed by atoms with Gasteiger partial charge in [-0.15, -0.1) is 0 Å². The summed E-state index contributed by atoms with van der Waals surface area (Å²) in [6.07, 6.45) is 1.20. The summed E-state index contributed by atoms with van der Waals surface area (Å²) >= 11 is 0. The molecule has 2 N–H and O–H groups in total. The molecule has 1 unspecified atom stereocenters. The van der Waals surface area contributed by atoms with E-state index >= 15 is 0 Å². The van der Waals surface area contributed by atoms with Crippen LogP contribution in [0.5, 0.6) is 0 Å². The number of hydrogen-bond acceptors (Lipinski definition) is 1. The first kappa shape index (κ1) is 10.8. The number of rotatable bonds is 2. The highest BCUT2D eigenvalue weighted by molar-refractivity contribution is 5.83. The van der Waals surface area contributed by atoms with Gasteiger partial charge in [-0.3, -0.25) is 0 Å². The van der Waals surface area contributed by atoms with Crippen LogP contribution in [-0.4, -0.2) is 6.54 Å². The van der Waals surface area contributed by atoms with Gasteiger partial charge in [0.15, 0.2) is 0 Å². The maximum atomic E-state index is 6.02. The molecule has 0 bridgehead atoms. The van der Waals surface area contributed by atoms with Crippen molar-refractivity contribution < 1.29 is 0 Å². The molecule has 1 nitrogen and oxygen atoms in total. The Morgan fingerprint density at radius 1 is 1.06 bits per heavy atom. The van der Waals surface area contributed by atoms with Crippen LogP contribution in [0.15, 0.2) is 42.5 Å². The summed E-state index contributed by atoms with van der Waals surface area (Å²) in [5, 5.41) is 2.63. The van der Waals surface area contributed by atoms with Gasteiger partial charge in [0.2, 0.25) is 0 Å². The highest BCUT2D eigenvalue weighted by atomic mass is 14.7. The minimum atomic E-state index is 0.205. The molecule has 1 heteroatoms. The number of nitrogens with two attached hydrogens (primary N) is 1. The molecule has 1 saturated carbocycles. The van der Waals surface area contributed by atoms with Crippen molar-refractivity contribution in [2.24, 2.45) is 11.1 Å². The largest absolute Gasteiger partial charge is 0.330 e. The molecule has 0 aliphatic heterocycles. The summed E-state index contributed by atoms with van der Waals surface area (Å²) in [6, 6.07) is 15.3. The van der Waals surface area contributed by atoms with Crippen LogP contribution in [0.3, 0.4) is 0 Å². The molecule has 3 rings (SSSR count). The Bertz CT molecular complexity index is 571. The Balaban J connectivity index is 2.13. The zero-order valence-corrected chi connectivity index (χ0v) is 10.5. The van der Waals surface area contributed by atoms with E-state index in [0.29, 0.717) is 5.41 Å². The van der Waals surface area contributed by atoms with E-state index in [-0.39, 0.29) is 5.41 Å². The lowest BCUT2D eigenvalue weighted by Crippen LogP contribution is -2.25. The van der Waals surface area contributed by atoms with Crippen LogP contribution in [0.25, 0.3) is 10.8 Å². The molecule has 0 amide bonds. The van der Waals surface area contributed by atoms with Crippen molar-refractivity contribution in [3.8, 4) is 0 Å². The van der Waals surface area contributed by atoms with Gasteiger partial charge in [-0.05, 0) is 28.2 Å². The SMILES string of the molecule is CC1(C)CC1(CN)c1ccc2ccccc2c1. The van der Waals surface area contributed by atoms with Crippen molar-refractivity contribution in [2.75, 3.05) is 6.54 Å². The topological polar surface area (TPSA) is 26.0 Å². The number of benzene rings is 2. The Hall–Kier alpha value is -1.34. The van der Waals surface area contributed by atoms with E-state index < -0.39 is 0 Å². The summed E-state index contributed by atoms with van der Waals surface area (Å²) in [5.74, 6) is 0. The maximum absolute atomic E-state index is 6.02. The lowest BCUT2D eigenvalue weighted by molar-refractivity contribution is 0.503. The highest BCUT2D eigenvalue weighted by Crippen LogP contribution is 2.63. The third kappa shape index (κ3) is 1.42. The van der Waals surface area contributed by atoms with E-state index in [1.807, 2.05) is 0 Å². The van der Waals surface area contributed by atoms with Crippen LogP contribution in [0.1, 0.15) is 25.8 Å². The summed E-state index contributed by atoms with van der Waals surface area (Å²) < 4.78 is 0. The molecular formula is C16H19N. The van der Waals surface area contributed by atoms with Gasteiger partial charge in [0.1, 0.15) is 0 Å². The van der Waals surface area contributed by atoms with E-state index in [0.717, 1.165) is 6.54 Å². The van der Waals surface area contributed by atoms with Gasteiger partial charge in [0.25, 0.3) is 0 Å².